The molecule has 214 valence electrons. The number of carbonyl (C=O) groups is 4. The van der Waals surface area contributed by atoms with E-state index in [4.69, 9.17) is 4.74 Å². The molecule has 0 saturated carbocycles. The average Bonchev–Trinajstić information content (AvgIpc) is 2.91. The number of aliphatic hydroxyl groups is 1. The van der Waals surface area contributed by atoms with Gasteiger partial charge in [0.2, 0.25) is 17.7 Å². The minimum absolute atomic E-state index is 0.0377. The minimum Gasteiger partial charge on any atom is -0.507 e. The summed E-state index contributed by atoms with van der Waals surface area (Å²) in [6, 6.07) is 11.1. The zero-order chi connectivity index (χ0) is 29.0. The van der Waals surface area contributed by atoms with Gasteiger partial charge in [0.15, 0.2) is 0 Å². The lowest BCUT2D eigenvalue weighted by molar-refractivity contribution is -0.155. The Balaban J connectivity index is 1.70. The summed E-state index contributed by atoms with van der Waals surface area (Å²) in [5, 5.41) is 29.8. The lowest BCUT2D eigenvalue weighted by atomic mass is 9.89. The number of nitrogens with zero attached hydrogens (tertiary/aromatic N) is 1. The molecule has 0 radical (unpaired) electrons. The number of ether oxygens (including phenoxy) is 1. The predicted octanol–water partition coefficient (Wildman–Crippen LogP) is 0.207. The molecule has 5 N–H and O–H groups in total. The fraction of sp³-hybridized carbons (Fsp3) is 0.448. The van der Waals surface area contributed by atoms with Gasteiger partial charge in [-0.25, -0.2) is 0 Å². The number of benzene rings is 2. The van der Waals surface area contributed by atoms with Crippen LogP contribution in [0.25, 0.3) is 0 Å². The van der Waals surface area contributed by atoms with Crippen LogP contribution >= 0.6 is 0 Å². The topological polar surface area (TPSA) is 157 Å². The van der Waals surface area contributed by atoms with Gasteiger partial charge in [-0.1, -0.05) is 49.4 Å². The predicted molar refractivity (Wildman–Crippen MR) is 145 cm³/mol. The van der Waals surface area contributed by atoms with Crippen molar-refractivity contribution >= 4 is 23.6 Å². The lowest BCUT2D eigenvalue weighted by Crippen LogP contribution is -2.65. The van der Waals surface area contributed by atoms with E-state index >= 15 is 0 Å². The number of hydrogen-bond acceptors (Lipinski definition) is 7. The first-order valence-corrected chi connectivity index (χ1v) is 13.3. The third-order valence-electron chi connectivity index (χ3n) is 7.67. The van der Waals surface area contributed by atoms with Gasteiger partial charge in [0.1, 0.15) is 17.8 Å². The van der Waals surface area contributed by atoms with Crippen LogP contribution in [0.3, 0.4) is 0 Å². The maximum Gasteiger partial charge on any atom is 0.255 e. The molecule has 2 aliphatic heterocycles. The molecule has 40 heavy (non-hydrogen) atoms. The highest BCUT2D eigenvalue weighted by atomic mass is 16.5. The van der Waals surface area contributed by atoms with Gasteiger partial charge in [0.25, 0.3) is 5.91 Å². The largest absolute Gasteiger partial charge is 0.507 e. The summed E-state index contributed by atoms with van der Waals surface area (Å²) in [4.78, 5) is 55.1. The number of phenolic OH excluding ortho intramolecular Hbond substituents is 1. The molecule has 2 aromatic carbocycles. The number of aliphatic hydroxyl groups excluding tert-OH is 1. The molecule has 11 nitrogen and oxygen atoms in total. The van der Waals surface area contributed by atoms with Gasteiger partial charge >= 0.3 is 0 Å². The minimum atomic E-state index is -1.30. The maximum absolute atomic E-state index is 13.7. The van der Waals surface area contributed by atoms with Crippen molar-refractivity contribution in [3.05, 3.63) is 65.7 Å². The molecular formula is C29H36N4O7. The second kappa shape index (κ2) is 12.5. The highest BCUT2D eigenvalue weighted by Gasteiger charge is 2.44. The number of phenols is 1. The number of amides is 4. The van der Waals surface area contributed by atoms with Crippen molar-refractivity contribution in [1.82, 2.24) is 20.9 Å². The fourth-order valence-corrected chi connectivity index (χ4v) is 5.19. The van der Waals surface area contributed by atoms with E-state index in [0.717, 1.165) is 5.56 Å². The quantitative estimate of drug-likeness (QED) is 0.355. The van der Waals surface area contributed by atoms with Crippen LogP contribution < -0.4 is 16.0 Å². The molecule has 0 bridgehead atoms. The molecule has 6 atom stereocenters. The third kappa shape index (κ3) is 6.26. The molecule has 4 amide bonds. The molecule has 2 heterocycles. The summed E-state index contributed by atoms with van der Waals surface area (Å²) in [5.74, 6) is -3.80. The van der Waals surface area contributed by atoms with Crippen LogP contribution in [0.1, 0.15) is 29.8 Å². The summed E-state index contributed by atoms with van der Waals surface area (Å²) in [7, 11) is 1.52. The Morgan fingerprint density at radius 2 is 1.65 bits per heavy atom. The molecule has 2 fully saturated rings. The molecule has 0 aromatic heterocycles. The molecule has 2 saturated heterocycles. The zero-order valence-electron chi connectivity index (χ0n) is 22.7. The molecule has 0 aliphatic carbocycles. The van der Waals surface area contributed by atoms with Crippen LogP contribution in [0.4, 0.5) is 0 Å². The normalized spacial score (nSPS) is 28.4. The number of rotatable bonds is 5. The molecule has 0 spiro atoms. The first-order valence-electron chi connectivity index (χ1n) is 13.3. The summed E-state index contributed by atoms with van der Waals surface area (Å²) in [6.45, 7) is 3.70. The van der Waals surface area contributed by atoms with Crippen molar-refractivity contribution < 1.29 is 34.1 Å². The van der Waals surface area contributed by atoms with E-state index in [1.807, 2.05) is 30.3 Å². The number of hydrogen-bond donors (Lipinski definition) is 5. The standard InChI is InChI=1S/C29H36N4O7/c1-16-25(35)21(13-18-9-5-4-6-10-18)31-27(37)23(32-26(36)20-11-7-8-12-22(20)34)17(2)30-28(38)24(19-14-40-15-19)33(3)29(16)39/h4-12,16-17,19,21,23-25,34-35H,13-15H2,1-3H3,(H,30,38)(H,31,37)(H,32,36)/t16-,17-,21+,23+,24?,25+/m1/s1. The van der Waals surface area contributed by atoms with Crippen LogP contribution in [0.5, 0.6) is 5.75 Å². The van der Waals surface area contributed by atoms with Crippen molar-refractivity contribution in [2.45, 2.75) is 50.5 Å². The Bertz CT molecular complexity index is 1240. The van der Waals surface area contributed by atoms with Crippen LogP contribution in [0, 0.1) is 11.8 Å². The molecular weight excluding hydrogens is 516 g/mol. The number of carbonyl (C=O) groups excluding carboxylic acids is 4. The number of nitrogens with one attached hydrogen (secondary N) is 3. The third-order valence-corrected chi connectivity index (χ3v) is 7.67. The second-order valence-corrected chi connectivity index (χ2v) is 10.5. The smallest absolute Gasteiger partial charge is 0.255 e. The number of para-hydroxylation sites is 1. The zero-order valence-corrected chi connectivity index (χ0v) is 22.7. The Kier molecular flexibility index (Phi) is 9.06. The monoisotopic (exact) mass is 552 g/mol. The first-order chi connectivity index (χ1) is 19.1. The van der Waals surface area contributed by atoms with E-state index in [1.54, 1.807) is 26.0 Å². The van der Waals surface area contributed by atoms with Crippen molar-refractivity contribution in [2.75, 3.05) is 20.3 Å². The van der Waals surface area contributed by atoms with E-state index < -0.39 is 59.8 Å². The van der Waals surface area contributed by atoms with Crippen LogP contribution in [-0.4, -0.2) is 89.3 Å². The molecule has 2 aromatic rings. The Hall–Kier alpha value is -3.96. The molecule has 4 rings (SSSR count). The van der Waals surface area contributed by atoms with E-state index in [9.17, 15) is 29.4 Å². The number of aromatic hydroxyl groups is 1. The van der Waals surface area contributed by atoms with Crippen molar-refractivity contribution in [2.24, 2.45) is 11.8 Å². The Morgan fingerprint density at radius 1 is 1.00 bits per heavy atom. The van der Waals surface area contributed by atoms with Gasteiger partial charge in [-0.2, -0.15) is 0 Å². The Labute approximate surface area is 232 Å². The highest BCUT2D eigenvalue weighted by Crippen LogP contribution is 2.24. The lowest BCUT2D eigenvalue weighted by Gasteiger charge is -2.41. The van der Waals surface area contributed by atoms with Crippen LogP contribution in [0.2, 0.25) is 0 Å². The van der Waals surface area contributed by atoms with Crippen molar-refractivity contribution in [3.8, 4) is 5.75 Å². The van der Waals surface area contributed by atoms with Gasteiger partial charge in [-0.15, -0.1) is 0 Å². The van der Waals surface area contributed by atoms with E-state index in [1.165, 1.54) is 24.1 Å². The van der Waals surface area contributed by atoms with Crippen molar-refractivity contribution in [1.29, 1.82) is 0 Å². The molecule has 2 aliphatic rings. The van der Waals surface area contributed by atoms with E-state index in [0.29, 0.717) is 0 Å². The summed E-state index contributed by atoms with van der Waals surface area (Å²) < 4.78 is 5.29. The summed E-state index contributed by atoms with van der Waals surface area (Å²) in [6.07, 6.45) is -1.08. The molecule has 11 heteroatoms. The van der Waals surface area contributed by atoms with E-state index in [2.05, 4.69) is 16.0 Å². The number of likely N-dealkylation sites (N-methyl/N-ethyl adjacent to an activating group) is 1. The van der Waals surface area contributed by atoms with Crippen LogP contribution in [0.15, 0.2) is 54.6 Å². The fourth-order valence-electron chi connectivity index (χ4n) is 5.19. The SMILES string of the molecule is C[C@H]1NC(=O)C(C2COC2)N(C)C(=O)[C@H](C)[C@H](O)[C@H](Cc2ccccc2)NC(=O)[C@H]1NC(=O)c1ccccc1O. The highest BCUT2D eigenvalue weighted by molar-refractivity contribution is 6.00. The summed E-state index contributed by atoms with van der Waals surface area (Å²) >= 11 is 0. The van der Waals surface area contributed by atoms with Crippen LogP contribution in [-0.2, 0) is 25.5 Å². The van der Waals surface area contributed by atoms with Gasteiger partial charge < -0.3 is 35.8 Å². The molecule has 1 unspecified atom stereocenters. The second-order valence-electron chi connectivity index (χ2n) is 10.5. The summed E-state index contributed by atoms with van der Waals surface area (Å²) in [5.41, 5.74) is 0.789. The Morgan fingerprint density at radius 3 is 2.27 bits per heavy atom. The van der Waals surface area contributed by atoms with Gasteiger partial charge in [-0.3, -0.25) is 19.2 Å². The van der Waals surface area contributed by atoms with E-state index in [-0.39, 0.29) is 36.9 Å². The van der Waals surface area contributed by atoms with Gasteiger partial charge in [-0.05, 0) is 31.0 Å². The van der Waals surface area contributed by atoms with Gasteiger partial charge in [0, 0.05) is 13.0 Å². The first kappa shape index (κ1) is 29.0. The van der Waals surface area contributed by atoms with Gasteiger partial charge in [0.05, 0.1) is 42.9 Å². The maximum atomic E-state index is 13.7. The average molecular weight is 553 g/mol. The van der Waals surface area contributed by atoms with Crippen molar-refractivity contribution in [3.63, 3.8) is 0 Å².